The Balaban J connectivity index is 1.27. The van der Waals surface area contributed by atoms with Crippen LogP contribution in [0, 0.1) is 17.1 Å². The number of carbonyl (C=O) groups excluding carboxylic acids is 2. The first kappa shape index (κ1) is 31.1. The SMILES string of the molecule is Cn1ncnc1[C@H]1C2=NCC(=O)c3cc(F)cc(c32)N[C@@H]1c1ccc(N2C(=S)N(c3ccc(C#N)c(C(F)(F)F)c3)C(=O)C2(C)C)cc1. The van der Waals surface area contributed by atoms with Crippen LogP contribution in [0.4, 0.5) is 34.6 Å². The Morgan fingerprint density at radius 2 is 1.77 bits per heavy atom. The topological polar surface area (TPSA) is 120 Å². The van der Waals surface area contributed by atoms with Gasteiger partial charge in [0.25, 0.3) is 5.91 Å². The fraction of sp³-hybridized carbons (Fsp3) is 0.242. The fourth-order valence-corrected chi connectivity index (χ4v) is 7.15. The molecule has 15 heteroatoms. The minimum Gasteiger partial charge on any atom is -0.376 e. The van der Waals surface area contributed by atoms with Gasteiger partial charge in [-0.1, -0.05) is 12.1 Å². The molecule has 1 saturated heterocycles. The average Bonchev–Trinajstić information content (AvgIpc) is 3.54. The molecule has 242 valence electrons. The Hall–Kier alpha value is -5.49. The summed E-state index contributed by atoms with van der Waals surface area (Å²) in [5.41, 5.74) is -0.162. The number of thiocarbonyl (C=S) groups is 1. The molecule has 3 aliphatic rings. The third kappa shape index (κ3) is 4.66. The van der Waals surface area contributed by atoms with E-state index < -0.39 is 46.5 Å². The number of rotatable bonds is 4. The number of carbonyl (C=O) groups is 2. The molecular formula is C33H24F4N8O2S. The van der Waals surface area contributed by atoms with E-state index in [4.69, 9.17) is 12.2 Å². The first-order valence-electron chi connectivity index (χ1n) is 14.6. The number of Topliss-reactive ketones (excluding diaryl/α,β-unsaturated/α-hetero) is 1. The number of hydrogen-bond donors (Lipinski definition) is 1. The molecule has 1 aromatic heterocycles. The van der Waals surface area contributed by atoms with Crippen molar-refractivity contribution >= 4 is 51.8 Å². The summed E-state index contributed by atoms with van der Waals surface area (Å²) in [6.45, 7) is 3.09. The summed E-state index contributed by atoms with van der Waals surface area (Å²) in [4.78, 5) is 38.1. The number of benzene rings is 3. The maximum atomic E-state index is 14.7. The van der Waals surface area contributed by atoms with Crippen molar-refractivity contribution in [2.75, 3.05) is 21.7 Å². The van der Waals surface area contributed by atoms with Gasteiger partial charge < -0.3 is 10.2 Å². The van der Waals surface area contributed by atoms with Crippen LogP contribution in [0.1, 0.15) is 64.2 Å². The molecule has 0 radical (unpaired) electrons. The summed E-state index contributed by atoms with van der Waals surface area (Å²) in [5, 5.41) is 16.8. The number of nitrogens with one attached hydrogen (secondary N) is 1. The molecular weight excluding hydrogens is 648 g/mol. The molecule has 1 N–H and O–H groups in total. The highest BCUT2D eigenvalue weighted by molar-refractivity contribution is 7.81. The third-order valence-corrected chi connectivity index (χ3v) is 9.25. The Kier molecular flexibility index (Phi) is 6.99. The number of hydrogen-bond acceptors (Lipinski definition) is 8. The molecule has 3 aromatic carbocycles. The second kappa shape index (κ2) is 10.8. The van der Waals surface area contributed by atoms with E-state index in [-0.39, 0.29) is 28.7 Å². The summed E-state index contributed by atoms with van der Waals surface area (Å²) < 4.78 is 57.6. The fourth-order valence-electron chi connectivity index (χ4n) is 6.62. The van der Waals surface area contributed by atoms with Crippen LogP contribution in [-0.4, -0.2) is 49.4 Å². The third-order valence-electron chi connectivity index (χ3n) is 8.88. The van der Waals surface area contributed by atoms with Crippen LogP contribution in [0.5, 0.6) is 0 Å². The predicted octanol–water partition coefficient (Wildman–Crippen LogP) is 5.70. The lowest BCUT2D eigenvalue weighted by atomic mass is 9.78. The molecule has 1 fully saturated rings. The van der Waals surface area contributed by atoms with Crippen molar-refractivity contribution in [3.8, 4) is 6.07 Å². The second-order valence-corrected chi connectivity index (χ2v) is 12.5. The van der Waals surface area contributed by atoms with Crippen molar-refractivity contribution in [3.63, 3.8) is 0 Å². The van der Waals surface area contributed by atoms with Gasteiger partial charge in [0.1, 0.15) is 30.1 Å². The zero-order valence-corrected chi connectivity index (χ0v) is 26.3. The number of anilines is 3. The van der Waals surface area contributed by atoms with Crippen molar-refractivity contribution < 1.29 is 27.2 Å². The van der Waals surface area contributed by atoms with Crippen LogP contribution in [0.25, 0.3) is 0 Å². The lowest BCUT2D eigenvalue weighted by molar-refractivity contribution is -0.137. The number of aromatic nitrogens is 3. The largest absolute Gasteiger partial charge is 0.417 e. The standard InChI is InChI=1S/C33H24F4N8O2S/c1-32(2)30(47)44(20-9-6-17(13-38)22(12-20)33(35,36)37)31(48)45(32)19-7-4-16(5-8-19)27-26(29-40-15-41-43(29)3)28-25-21(24(46)14-39-28)10-18(34)11-23(25)42-27/h4-12,15,26-27,42H,14H2,1-3H3/t26-,27-/m1/s1. The van der Waals surface area contributed by atoms with Gasteiger partial charge in [0, 0.05) is 29.5 Å². The number of nitrogens with zero attached hydrogens (tertiary/aromatic N) is 7. The number of ketones is 1. The van der Waals surface area contributed by atoms with Gasteiger partial charge in [-0.05, 0) is 74.1 Å². The first-order valence-corrected chi connectivity index (χ1v) is 15.0. The van der Waals surface area contributed by atoms with Crippen molar-refractivity contribution in [2.45, 2.75) is 37.5 Å². The molecule has 0 unspecified atom stereocenters. The van der Waals surface area contributed by atoms with E-state index in [1.165, 1.54) is 24.5 Å². The number of aliphatic imine (C=N–C) groups is 1. The normalized spacial score (nSPS) is 20.0. The van der Waals surface area contributed by atoms with Crippen molar-refractivity contribution in [3.05, 3.63) is 100 Å². The van der Waals surface area contributed by atoms with Gasteiger partial charge in [0.05, 0.1) is 40.6 Å². The van der Waals surface area contributed by atoms with Crippen molar-refractivity contribution in [1.29, 1.82) is 5.26 Å². The van der Waals surface area contributed by atoms with E-state index in [2.05, 4.69) is 20.4 Å². The summed E-state index contributed by atoms with van der Waals surface area (Å²) >= 11 is 5.69. The molecule has 3 aliphatic heterocycles. The lowest BCUT2D eigenvalue weighted by Crippen LogP contribution is -2.44. The second-order valence-electron chi connectivity index (χ2n) is 12.1. The van der Waals surface area contributed by atoms with E-state index >= 15 is 0 Å². The molecule has 1 amide bonds. The van der Waals surface area contributed by atoms with E-state index in [0.717, 1.165) is 22.6 Å². The van der Waals surface area contributed by atoms with Crippen molar-refractivity contribution in [1.82, 2.24) is 14.8 Å². The quantitative estimate of drug-likeness (QED) is 0.217. The number of halogens is 4. The number of alkyl halides is 3. The molecule has 4 heterocycles. The van der Waals surface area contributed by atoms with Gasteiger partial charge in [-0.2, -0.15) is 23.5 Å². The van der Waals surface area contributed by atoms with Gasteiger partial charge >= 0.3 is 6.18 Å². The highest BCUT2D eigenvalue weighted by Crippen LogP contribution is 2.46. The van der Waals surface area contributed by atoms with E-state index in [1.807, 2.05) is 0 Å². The van der Waals surface area contributed by atoms with E-state index in [0.29, 0.717) is 28.5 Å². The molecule has 48 heavy (non-hydrogen) atoms. The first-order chi connectivity index (χ1) is 22.7. The Morgan fingerprint density at radius 3 is 2.42 bits per heavy atom. The molecule has 2 atom stereocenters. The van der Waals surface area contributed by atoms with Gasteiger partial charge in [-0.15, -0.1) is 0 Å². The lowest BCUT2D eigenvalue weighted by Gasteiger charge is -2.38. The molecule has 4 aromatic rings. The summed E-state index contributed by atoms with van der Waals surface area (Å²) in [6.07, 6.45) is -3.41. The molecule has 0 saturated carbocycles. The molecule has 0 aliphatic carbocycles. The van der Waals surface area contributed by atoms with Crippen LogP contribution in [0.3, 0.4) is 0 Å². The zero-order valence-electron chi connectivity index (χ0n) is 25.5. The van der Waals surface area contributed by atoms with Crippen LogP contribution in [0.2, 0.25) is 0 Å². The van der Waals surface area contributed by atoms with Crippen LogP contribution >= 0.6 is 12.2 Å². The summed E-state index contributed by atoms with van der Waals surface area (Å²) in [6, 6.07) is 13.6. The summed E-state index contributed by atoms with van der Waals surface area (Å²) in [7, 11) is 1.74. The van der Waals surface area contributed by atoms with E-state index in [9.17, 15) is 32.4 Å². The number of aryl methyl sites for hydroxylation is 1. The van der Waals surface area contributed by atoms with Crippen molar-refractivity contribution in [2.24, 2.45) is 12.0 Å². The van der Waals surface area contributed by atoms with Crippen LogP contribution in [0.15, 0.2) is 65.9 Å². The average molecular weight is 673 g/mol. The van der Waals surface area contributed by atoms with Gasteiger partial charge in [-0.25, -0.2) is 9.37 Å². The highest BCUT2D eigenvalue weighted by Gasteiger charge is 2.51. The maximum absolute atomic E-state index is 14.7. The Labute approximate surface area is 276 Å². The molecule has 7 rings (SSSR count). The molecule has 0 spiro atoms. The Morgan fingerprint density at radius 1 is 1.06 bits per heavy atom. The van der Waals surface area contributed by atoms with Gasteiger partial charge in [0.2, 0.25) is 0 Å². The highest BCUT2D eigenvalue weighted by atomic mass is 32.1. The summed E-state index contributed by atoms with van der Waals surface area (Å²) in [5.74, 6) is -1.37. The minimum absolute atomic E-state index is 0.0403. The smallest absolute Gasteiger partial charge is 0.376 e. The predicted molar refractivity (Wildman–Crippen MR) is 171 cm³/mol. The van der Waals surface area contributed by atoms with Gasteiger partial charge in [-0.3, -0.25) is 24.2 Å². The zero-order chi connectivity index (χ0) is 34.3. The molecule has 0 bridgehead atoms. The van der Waals surface area contributed by atoms with Crippen LogP contribution < -0.4 is 15.1 Å². The number of nitriles is 1. The van der Waals surface area contributed by atoms with Gasteiger partial charge in [0.15, 0.2) is 10.9 Å². The monoisotopic (exact) mass is 672 g/mol. The minimum atomic E-state index is -4.82. The number of amides is 1. The Bertz CT molecular complexity index is 2130. The maximum Gasteiger partial charge on any atom is 0.417 e. The molecule has 10 nitrogen and oxygen atoms in total. The van der Waals surface area contributed by atoms with Crippen LogP contribution in [-0.2, 0) is 18.0 Å². The van der Waals surface area contributed by atoms with E-state index in [1.54, 1.807) is 60.8 Å².